The first-order valence-electron chi connectivity index (χ1n) is 6.60. The number of rotatable bonds is 5. The lowest BCUT2D eigenvalue weighted by atomic mass is 10.0. The third kappa shape index (κ3) is 3.08. The van der Waals surface area contributed by atoms with E-state index < -0.39 is 0 Å². The van der Waals surface area contributed by atoms with Gasteiger partial charge in [0.25, 0.3) is 5.56 Å². The molecule has 0 aliphatic heterocycles. The molecule has 1 aromatic heterocycles. The van der Waals surface area contributed by atoms with Crippen LogP contribution in [0.5, 0.6) is 0 Å². The van der Waals surface area contributed by atoms with Gasteiger partial charge in [0, 0.05) is 25.5 Å². The van der Waals surface area contributed by atoms with Gasteiger partial charge in [-0.1, -0.05) is 25.7 Å². The van der Waals surface area contributed by atoms with Crippen LogP contribution in [0.3, 0.4) is 0 Å². The van der Waals surface area contributed by atoms with Crippen LogP contribution in [0.4, 0.5) is 5.82 Å². The van der Waals surface area contributed by atoms with Crippen LogP contribution in [0, 0.1) is 5.92 Å². The number of hydrogen-bond donors (Lipinski definition) is 1. The maximum absolute atomic E-state index is 11.9. The Morgan fingerprint density at radius 2 is 2.24 bits per heavy atom. The lowest BCUT2D eigenvalue weighted by Crippen LogP contribution is -2.24. The summed E-state index contributed by atoms with van der Waals surface area (Å²) in [5.74, 6) is 1.34. The maximum Gasteiger partial charge on any atom is 0.293 e. The van der Waals surface area contributed by atoms with Crippen LogP contribution in [0.15, 0.2) is 17.2 Å². The van der Waals surface area contributed by atoms with Gasteiger partial charge in [0.1, 0.15) is 0 Å². The lowest BCUT2D eigenvalue weighted by molar-refractivity contribution is 0.518. The summed E-state index contributed by atoms with van der Waals surface area (Å²) in [5.41, 5.74) is -0.0126. The van der Waals surface area contributed by atoms with Crippen LogP contribution in [0.1, 0.15) is 39.0 Å². The molecule has 1 aliphatic carbocycles. The third-order valence-corrected chi connectivity index (χ3v) is 3.57. The van der Waals surface area contributed by atoms with Gasteiger partial charge < -0.3 is 9.88 Å². The highest BCUT2D eigenvalue weighted by Gasteiger charge is 2.14. The summed E-state index contributed by atoms with van der Waals surface area (Å²) in [7, 11) is 0. The number of anilines is 1. The Labute approximate surface area is 102 Å². The Bertz CT molecular complexity index is 407. The van der Waals surface area contributed by atoms with E-state index in [1.54, 1.807) is 17.0 Å². The van der Waals surface area contributed by atoms with Gasteiger partial charge in [-0.2, -0.15) is 0 Å². The second-order valence-corrected chi connectivity index (χ2v) is 4.73. The second kappa shape index (κ2) is 5.84. The monoisotopic (exact) mass is 235 g/mol. The molecule has 0 spiro atoms. The molecule has 0 aromatic carbocycles. The molecule has 0 unspecified atom stereocenters. The highest BCUT2D eigenvalue weighted by Crippen LogP contribution is 2.27. The molecule has 17 heavy (non-hydrogen) atoms. The lowest BCUT2D eigenvalue weighted by Gasteiger charge is -2.10. The number of aryl methyl sites for hydroxylation is 1. The Morgan fingerprint density at radius 3 is 2.94 bits per heavy atom. The minimum atomic E-state index is -0.0126. The molecule has 1 fully saturated rings. The van der Waals surface area contributed by atoms with E-state index in [1.165, 1.54) is 25.7 Å². The molecule has 0 saturated heterocycles. The van der Waals surface area contributed by atoms with Crippen molar-refractivity contribution in [2.75, 3.05) is 11.9 Å². The fourth-order valence-electron chi connectivity index (χ4n) is 2.51. The summed E-state index contributed by atoms with van der Waals surface area (Å²) in [4.78, 5) is 16.0. The van der Waals surface area contributed by atoms with Gasteiger partial charge in [0.2, 0.25) is 0 Å². The summed E-state index contributed by atoms with van der Waals surface area (Å²) in [6.45, 7) is 3.52. The van der Waals surface area contributed by atoms with Crippen molar-refractivity contribution in [3.8, 4) is 0 Å². The molecule has 0 atom stereocenters. The molecule has 1 heterocycles. The maximum atomic E-state index is 11.9. The predicted molar refractivity (Wildman–Crippen MR) is 69.2 cm³/mol. The zero-order valence-electron chi connectivity index (χ0n) is 10.5. The molecular formula is C13H21N3O. The largest absolute Gasteiger partial charge is 0.365 e. The summed E-state index contributed by atoms with van der Waals surface area (Å²) >= 11 is 0. The SMILES string of the molecule is CCn1ccnc(NCCC2CCCC2)c1=O. The Morgan fingerprint density at radius 1 is 1.47 bits per heavy atom. The molecule has 94 valence electrons. The topological polar surface area (TPSA) is 46.9 Å². The van der Waals surface area contributed by atoms with E-state index in [4.69, 9.17) is 0 Å². The highest BCUT2D eigenvalue weighted by atomic mass is 16.1. The van der Waals surface area contributed by atoms with Crippen molar-refractivity contribution >= 4 is 5.82 Å². The molecule has 0 radical (unpaired) electrons. The fraction of sp³-hybridized carbons (Fsp3) is 0.692. The number of hydrogen-bond acceptors (Lipinski definition) is 3. The summed E-state index contributed by atoms with van der Waals surface area (Å²) < 4.78 is 1.67. The molecule has 2 rings (SSSR count). The first kappa shape index (κ1) is 12.1. The van der Waals surface area contributed by atoms with Crippen LogP contribution in [0.2, 0.25) is 0 Å². The van der Waals surface area contributed by atoms with E-state index in [2.05, 4.69) is 10.3 Å². The average molecular weight is 235 g/mol. The highest BCUT2D eigenvalue weighted by molar-refractivity contribution is 5.30. The van der Waals surface area contributed by atoms with Crippen LogP contribution < -0.4 is 10.9 Å². The van der Waals surface area contributed by atoms with Crippen LogP contribution >= 0.6 is 0 Å². The molecule has 0 bridgehead atoms. The van der Waals surface area contributed by atoms with Gasteiger partial charge >= 0.3 is 0 Å². The van der Waals surface area contributed by atoms with Crippen LogP contribution in [-0.2, 0) is 6.54 Å². The normalized spacial score (nSPS) is 16.3. The summed E-state index contributed by atoms with van der Waals surface area (Å²) in [6, 6.07) is 0. The van der Waals surface area contributed by atoms with E-state index in [9.17, 15) is 4.79 Å². The first-order chi connectivity index (χ1) is 8.31. The molecule has 1 aliphatic rings. The van der Waals surface area contributed by atoms with Gasteiger partial charge in [-0.05, 0) is 19.3 Å². The van der Waals surface area contributed by atoms with Gasteiger partial charge in [-0.15, -0.1) is 0 Å². The number of nitrogens with one attached hydrogen (secondary N) is 1. The summed E-state index contributed by atoms with van der Waals surface area (Å²) in [5, 5.41) is 3.17. The minimum Gasteiger partial charge on any atom is -0.365 e. The van der Waals surface area contributed by atoms with Crippen LogP contribution in [-0.4, -0.2) is 16.1 Å². The molecule has 1 N–H and O–H groups in total. The van der Waals surface area contributed by atoms with Crippen LogP contribution in [0.25, 0.3) is 0 Å². The minimum absolute atomic E-state index is 0.0126. The molecule has 4 heteroatoms. The van der Waals surface area contributed by atoms with Crippen molar-refractivity contribution < 1.29 is 0 Å². The van der Waals surface area contributed by atoms with Crippen molar-refractivity contribution in [3.63, 3.8) is 0 Å². The second-order valence-electron chi connectivity index (χ2n) is 4.73. The fourth-order valence-corrected chi connectivity index (χ4v) is 2.51. The van der Waals surface area contributed by atoms with Crippen molar-refractivity contribution in [2.45, 2.75) is 45.6 Å². The quantitative estimate of drug-likeness (QED) is 0.851. The van der Waals surface area contributed by atoms with Crippen molar-refractivity contribution in [3.05, 3.63) is 22.7 Å². The molecular weight excluding hydrogens is 214 g/mol. The Hall–Kier alpha value is -1.32. The van der Waals surface area contributed by atoms with Gasteiger partial charge in [0.05, 0.1) is 0 Å². The molecule has 0 amide bonds. The van der Waals surface area contributed by atoms with E-state index in [0.717, 1.165) is 18.9 Å². The van der Waals surface area contributed by atoms with Crippen molar-refractivity contribution in [2.24, 2.45) is 5.92 Å². The zero-order chi connectivity index (χ0) is 12.1. The smallest absolute Gasteiger partial charge is 0.293 e. The average Bonchev–Trinajstić information content (AvgIpc) is 2.84. The molecule has 1 aromatic rings. The third-order valence-electron chi connectivity index (χ3n) is 3.57. The van der Waals surface area contributed by atoms with Crippen molar-refractivity contribution in [1.82, 2.24) is 9.55 Å². The van der Waals surface area contributed by atoms with E-state index in [0.29, 0.717) is 12.4 Å². The standard InChI is InChI=1S/C13H21N3O/c1-2-16-10-9-15-12(13(16)17)14-8-7-11-5-3-4-6-11/h9-11H,2-8H2,1H3,(H,14,15). The van der Waals surface area contributed by atoms with Gasteiger partial charge in [-0.3, -0.25) is 4.79 Å². The van der Waals surface area contributed by atoms with Gasteiger partial charge in [0.15, 0.2) is 5.82 Å². The number of aromatic nitrogens is 2. The van der Waals surface area contributed by atoms with Gasteiger partial charge in [-0.25, -0.2) is 4.98 Å². The Balaban J connectivity index is 1.88. The number of nitrogens with zero attached hydrogens (tertiary/aromatic N) is 2. The zero-order valence-corrected chi connectivity index (χ0v) is 10.5. The summed E-state index contributed by atoms with van der Waals surface area (Å²) in [6.07, 6.45) is 10.0. The Kier molecular flexibility index (Phi) is 4.18. The van der Waals surface area contributed by atoms with E-state index >= 15 is 0 Å². The predicted octanol–water partition coefficient (Wildman–Crippen LogP) is 2.26. The van der Waals surface area contributed by atoms with Crippen molar-refractivity contribution in [1.29, 1.82) is 0 Å². The first-order valence-corrected chi connectivity index (χ1v) is 6.60. The molecule has 1 saturated carbocycles. The van der Waals surface area contributed by atoms with E-state index in [1.807, 2.05) is 6.92 Å². The van der Waals surface area contributed by atoms with E-state index in [-0.39, 0.29) is 5.56 Å². The molecule has 4 nitrogen and oxygen atoms in total.